The average molecular weight is 508 g/mol. The second-order valence-corrected chi connectivity index (χ2v) is 10.1. The minimum atomic E-state index is -3.94. The number of benzene rings is 1. The van der Waals surface area contributed by atoms with Crippen molar-refractivity contribution in [3.63, 3.8) is 0 Å². The van der Waals surface area contributed by atoms with Crippen molar-refractivity contribution < 1.29 is 12.8 Å². The Morgan fingerprint density at radius 1 is 1.03 bits per heavy atom. The minimum Gasteiger partial charge on any atom is -0.344 e. The molecule has 1 atom stereocenters. The van der Waals surface area contributed by atoms with Crippen LogP contribution in [0.2, 0.25) is 0 Å². The van der Waals surface area contributed by atoms with E-state index in [-0.39, 0.29) is 16.5 Å². The molecular weight excluding hydrogens is 485 g/mol. The van der Waals surface area contributed by atoms with E-state index in [9.17, 15) is 12.8 Å². The number of aryl methyl sites for hydroxylation is 2. The zero-order valence-corrected chi connectivity index (χ0v) is 20.4. The van der Waals surface area contributed by atoms with Crippen molar-refractivity contribution in [3.05, 3.63) is 78.7 Å². The third-order valence-electron chi connectivity index (χ3n) is 5.41. The maximum atomic E-state index is 13.5. The summed E-state index contributed by atoms with van der Waals surface area (Å²) in [6.45, 7) is 3.64. The molecule has 2 N–H and O–H groups in total. The molecule has 1 aromatic carbocycles. The number of nitrogens with zero attached hydrogens (tertiary/aromatic N) is 7. The van der Waals surface area contributed by atoms with E-state index in [0.29, 0.717) is 22.8 Å². The van der Waals surface area contributed by atoms with Gasteiger partial charge in [0.1, 0.15) is 17.5 Å². The molecule has 4 heterocycles. The van der Waals surface area contributed by atoms with E-state index in [4.69, 9.17) is 0 Å². The SMILES string of the molecule is Cc1ccc(S(=O)(=O)n2ccc3c(Nc4cn(C)cn4)nc(N[C@@H](C)c4ncc(F)cn4)nc32)cc1. The second kappa shape index (κ2) is 9.00. The van der Waals surface area contributed by atoms with E-state index in [1.54, 1.807) is 54.3 Å². The minimum absolute atomic E-state index is 0.125. The monoisotopic (exact) mass is 507 g/mol. The van der Waals surface area contributed by atoms with Crippen molar-refractivity contribution in [1.29, 1.82) is 0 Å². The van der Waals surface area contributed by atoms with Crippen molar-refractivity contribution in [2.45, 2.75) is 24.8 Å². The maximum Gasteiger partial charge on any atom is 0.269 e. The van der Waals surface area contributed by atoms with Gasteiger partial charge in [0, 0.05) is 19.4 Å². The molecule has 0 saturated heterocycles. The molecule has 0 aliphatic heterocycles. The molecule has 0 saturated carbocycles. The van der Waals surface area contributed by atoms with Crippen LogP contribution < -0.4 is 10.6 Å². The first-order valence-corrected chi connectivity index (χ1v) is 12.3. The van der Waals surface area contributed by atoms with Gasteiger partial charge in [-0.3, -0.25) is 0 Å². The summed E-state index contributed by atoms with van der Waals surface area (Å²) in [6, 6.07) is 7.71. The number of nitrogens with one attached hydrogen (secondary N) is 2. The summed E-state index contributed by atoms with van der Waals surface area (Å²) in [4.78, 5) is 21.4. The van der Waals surface area contributed by atoms with Gasteiger partial charge in [-0.05, 0) is 32.0 Å². The predicted molar refractivity (Wildman–Crippen MR) is 132 cm³/mol. The number of imidazole rings is 1. The van der Waals surface area contributed by atoms with Crippen LogP contribution in [0, 0.1) is 12.7 Å². The Kier molecular flexibility index (Phi) is 5.84. The van der Waals surface area contributed by atoms with Crippen LogP contribution in [-0.4, -0.2) is 41.9 Å². The molecule has 5 aromatic rings. The average Bonchev–Trinajstić information content (AvgIpc) is 3.46. The van der Waals surface area contributed by atoms with Gasteiger partial charge >= 0.3 is 0 Å². The predicted octanol–water partition coefficient (Wildman–Crippen LogP) is 3.56. The molecule has 0 aliphatic carbocycles. The van der Waals surface area contributed by atoms with Gasteiger partial charge in [0.05, 0.1) is 35.0 Å². The highest BCUT2D eigenvalue weighted by molar-refractivity contribution is 7.90. The number of rotatable bonds is 7. The molecule has 0 fully saturated rings. The summed E-state index contributed by atoms with van der Waals surface area (Å²) in [5.41, 5.74) is 1.11. The van der Waals surface area contributed by atoms with Crippen LogP contribution in [-0.2, 0) is 17.1 Å². The Balaban J connectivity index is 1.61. The van der Waals surface area contributed by atoms with Crippen LogP contribution in [0.15, 0.2) is 66.3 Å². The second-order valence-electron chi connectivity index (χ2n) is 8.24. The standard InChI is InChI=1S/C23H22FN9O2S/c1-14-4-6-17(7-5-14)36(34,35)33-9-8-18-21(29-19-12-32(3)13-27-19)30-23(31-22(18)33)28-15(2)20-25-10-16(24)11-26-20/h4-13,15H,1-3H3,(H2,28,29,30,31)/t15-/m0/s1. The number of hydrogen-bond donors (Lipinski definition) is 2. The van der Waals surface area contributed by atoms with E-state index in [2.05, 4.69) is 35.6 Å². The number of hydrogen-bond acceptors (Lipinski definition) is 9. The normalized spacial score (nSPS) is 12.6. The third-order valence-corrected chi connectivity index (χ3v) is 7.09. The van der Waals surface area contributed by atoms with Crippen LogP contribution in [0.1, 0.15) is 24.4 Å². The molecule has 0 spiro atoms. The van der Waals surface area contributed by atoms with Gasteiger partial charge in [0.15, 0.2) is 11.5 Å². The molecule has 11 nitrogen and oxygen atoms in total. The number of anilines is 3. The first-order chi connectivity index (χ1) is 17.2. The van der Waals surface area contributed by atoms with Crippen LogP contribution in [0.4, 0.5) is 22.0 Å². The Labute approximate surface area is 206 Å². The van der Waals surface area contributed by atoms with E-state index >= 15 is 0 Å². The molecule has 184 valence electrons. The van der Waals surface area contributed by atoms with Gasteiger partial charge in [-0.15, -0.1) is 0 Å². The highest BCUT2D eigenvalue weighted by Crippen LogP contribution is 2.29. The fraction of sp³-hybridized carbons (Fsp3) is 0.174. The Morgan fingerprint density at radius 3 is 2.42 bits per heavy atom. The largest absolute Gasteiger partial charge is 0.344 e. The Hall–Kier alpha value is -4.39. The highest BCUT2D eigenvalue weighted by Gasteiger charge is 2.23. The lowest BCUT2D eigenvalue weighted by molar-refractivity contribution is 0.588. The molecule has 0 aliphatic rings. The van der Waals surface area contributed by atoms with E-state index in [0.717, 1.165) is 21.9 Å². The molecule has 0 radical (unpaired) electrons. The number of aromatic nitrogens is 7. The number of halogens is 1. The third kappa shape index (κ3) is 4.47. The Morgan fingerprint density at radius 2 is 1.75 bits per heavy atom. The summed E-state index contributed by atoms with van der Waals surface area (Å²) in [7, 11) is -2.11. The van der Waals surface area contributed by atoms with E-state index < -0.39 is 21.9 Å². The molecule has 0 amide bonds. The number of fused-ring (bicyclic) bond motifs is 1. The zero-order valence-electron chi connectivity index (χ0n) is 19.6. The topological polar surface area (TPSA) is 133 Å². The lowest BCUT2D eigenvalue weighted by Crippen LogP contribution is -2.16. The van der Waals surface area contributed by atoms with Crippen molar-refractivity contribution in [2.75, 3.05) is 10.6 Å². The smallest absolute Gasteiger partial charge is 0.269 e. The Bertz CT molecular complexity index is 1650. The van der Waals surface area contributed by atoms with E-state index in [1.807, 2.05) is 14.0 Å². The molecule has 36 heavy (non-hydrogen) atoms. The van der Waals surface area contributed by atoms with Gasteiger partial charge in [0.2, 0.25) is 5.95 Å². The van der Waals surface area contributed by atoms with Gasteiger partial charge in [0.25, 0.3) is 10.0 Å². The lowest BCUT2D eigenvalue weighted by atomic mass is 10.2. The maximum absolute atomic E-state index is 13.5. The molecule has 0 bridgehead atoms. The summed E-state index contributed by atoms with van der Waals surface area (Å²) in [6.07, 6.45) is 6.96. The fourth-order valence-corrected chi connectivity index (χ4v) is 4.87. The fourth-order valence-electron chi connectivity index (χ4n) is 3.57. The van der Waals surface area contributed by atoms with Gasteiger partial charge in [-0.2, -0.15) is 9.97 Å². The summed E-state index contributed by atoms with van der Waals surface area (Å²) < 4.78 is 43.1. The molecule has 13 heteroatoms. The van der Waals surface area contributed by atoms with Crippen LogP contribution in [0.25, 0.3) is 11.0 Å². The van der Waals surface area contributed by atoms with Crippen molar-refractivity contribution in [3.8, 4) is 0 Å². The summed E-state index contributed by atoms with van der Waals surface area (Å²) >= 11 is 0. The van der Waals surface area contributed by atoms with Crippen molar-refractivity contribution in [2.24, 2.45) is 7.05 Å². The summed E-state index contributed by atoms with van der Waals surface area (Å²) in [5.74, 6) is 0.769. The van der Waals surface area contributed by atoms with Gasteiger partial charge < -0.3 is 15.2 Å². The van der Waals surface area contributed by atoms with Crippen molar-refractivity contribution >= 4 is 38.6 Å². The quantitative estimate of drug-likeness (QED) is 0.339. The molecule has 0 unspecified atom stereocenters. The molecule has 5 rings (SSSR count). The zero-order chi connectivity index (χ0) is 25.4. The van der Waals surface area contributed by atoms with Gasteiger partial charge in [-0.1, -0.05) is 17.7 Å². The molecular formula is C23H22FN9O2S. The van der Waals surface area contributed by atoms with Gasteiger partial charge in [-0.25, -0.2) is 31.7 Å². The van der Waals surface area contributed by atoms with E-state index in [1.165, 1.54) is 6.20 Å². The van der Waals surface area contributed by atoms with Crippen molar-refractivity contribution in [1.82, 2.24) is 33.5 Å². The lowest BCUT2D eigenvalue weighted by Gasteiger charge is -2.15. The van der Waals surface area contributed by atoms with Crippen LogP contribution in [0.3, 0.4) is 0 Å². The van der Waals surface area contributed by atoms with Crippen LogP contribution in [0.5, 0.6) is 0 Å². The molecule has 4 aromatic heterocycles. The first-order valence-electron chi connectivity index (χ1n) is 10.9. The van der Waals surface area contributed by atoms with Crippen LogP contribution >= 0.6 is 0 Å². The highest BCUT2D eigenvalue weighted by atomic mass is 32.2. The summed E-state index contributed by atoms with van der Waals surface area (Å²) in [5, 5.41) is 6.68. The first kappa shape index (κ1) is 23.4.